The van der Waals surface area contributed by atoms with Gasteiger partial charge in [-0.1, -0.05) is 6.92 Å². The SMILES string of the molecule is CC(CNC(=O)N1CCCN(C(=O)C2CC2)CC1)c1ccsc1. The first-order valence-corrected chi connectivity index (χ1v) is 9.43. The van der Waals surface area contributed by atoms with E-state index < -0.39 is 0 Å². The summed E-state index contributed by atoms with van der Waals surface area (Å²) in [4.78, 5) is 28.3. The number of thiophene rings is 1. The average Bonchev–Trinajstić information content (AvgIpc) is 3.32. The van der Waals surface area contributed by atoms with Gasteiger partial charge in [0.1, 0.15) is 0 Å². The van der Waals surface area contributed by atoms with Gasteiger partial charge in [0.25, 0.3) is 0 Å². The van der Waals surface area contributed by atoms with Crippen LogP contribution in [0.1, 0.15) is 37.7 Å². The topological polar surface area (TPSA) is 52.7 Å². The second-order valence-corrected chi connectivity index (χ2v) is 7.36. The first-order chi connectivity index (χ1) is 11.1. The second kappa shape index (κ2) is 7.34. The molecule has 126 valence electrons. The van der Waals surface area contributed by atoms with Crippen LogP contribution in [0.2, 0.25) is 0 Å². The highest BCUT2D eigenvalue weighted by molar-refractivity contribution is 7.07. The number of hydrogen-bond acceptors (Lipinski definition) is 3. The molecule has 2 fully saturated rings. The number of carbonyl (C=O) groups excluding carboxylic acids is 2. The molecule has 2 aliphatic rings. The van der Waals surface area contributed by atoms with Crippen LogP contribution >= 0.6 is 11.3 Å². The molecule has 1 aliphatic heterocycles. The Hall–Kier alpha value is -1.56. The fourth-order valence-electron chi connectivity index (χ4n) is 2.95. The normalized spacial score (nSPS) is 20.0. The summed E-state index contributed by atoms with van der Waals surface area (Å²) in [5.74, 6) is 0.880. The van der Waals surface area contributed by atoms with Crippen LogP contribution in [0.25, 0.3) is 0 Å². The van der Waals surface area contributed by atoms with E-state index in [-0.39, 0.29) is 11.9 Å². The highest BCUT2D eigenvalue weighted by Crippen LogP contribution is 2.31. The molecule has 0 aromatic carbocycles. The molecule has 6 heteroatoms. The van der Waals surface area contributed by atoms with Crippen molar-refractivity contribution in [3.05, 3.63) is 22.4 Å². The van der Waals surface area contributed by atoms with E-state index in [9.17, 15) is 9.59 Å². The second-order valence-electron chi connectivity index (χ2n) is 6.58. The Bertz CT molecular complexity index is 542. The van der Waals surface area contributed by atoms with Gasteiger partial charge in [-0.3, -0.25) is 4.79 Å². The first kappa shape index (κ1) is 16.3. The first-order valence-electron chi connectivity index (χ1n) is 8.49. The van der Waals surface area contributed by atoms with Crippen molar-refractivity contribution in [3.8, 4) is 0 Å². The maximum absolute atomic E-state index is 12.4. The lowest BCUT2D eigenvalue weighted by atomic mass is 10.1. The fraction of sp³-hybridized carbons (Fsp3) is 0.647. The molecular formula is C17H25N3O2S. The molecule has 1 saturated carbocycles. The number of urea groups is 1. The van der Waals surface area contributed by atoms with Crippen LogP contribution in [-0.4, -0.2) is 54.5 Å². The van der Waals surface area contributed by atoms with E-state index in [1.165, 1.54) is 5.56 Å². The molecule has 3 amide bonds. The van der Waals surface area contributed by atoms with Crippen LogP contribution in [0, 0.1) is 5.92 Å². The zero-order valence-corrected chi connectivity index (χ0v) is 14.5. The van der Waals surface area contributed by atoms with Crippen molar-refractivity contribution < 1.29 is 9.59 Å². The average molecular weight is 335 g/mol. The highest BCUT2D eigenvalue weighted by Gasteiger charge is 2.34. The molecule has 2 heterocycles. The van der Waals surface area contributed by atoms with Crippen molar-refractivity contribution in [2.45, 2.75) is 32.1 Å². The summed E-state index contributed by atoms with van der Waals surface area (Å²) in [5, 5.41) is 7.23. The molecule has 0 bridgehead atoms. The zero-order chi connectivity index (χ0) is 16.2. The van der Waals surface area contributed by atoms with Gasteiger partial charge in [-0.05, 0) is 47.6 Å². The molecule has 1 aromatic heterocycles. The van der Waals surface area contributed by atoms with Crippen molar-refractivity contribution in [3.63, 3.8) is 0 Å². The van der Waals surface area contributed by atoms with E-state index >= 15 is 0 Å². The molecule has 1 saturated heterocycles. The van der Waals surface area contributed by atoms with Gasteiger partial charge in [0.2, 0.25) is 5.91 Å². The number of amides is 3. The fourth-order valence-corrected chi connectivity index (χ4v) is 3.74. The molecule has 0 radical (unpaired) electrons. The van der Waals surface area contributed by atoms with Gasteiger partial charge >= 0.3 is 6.03 Å². The number of rotatable bonds is 4. The third-order valence-electron chi connectivity index (χ3n) is 4.69. The molecule has 1 unspecified atom stereocenters. The molecule has 23 heavy (non-hydrogen) atoms. The Kier molecular flexibility index (Phi) is 5.20. The van der Waals surface area contributed by atoms with Crippen molar-refractivity contribution in [1.82, 2.24) is 15.1 Å². The van der Waals surface area contributed by atoms with E-state index in [2.05, 4.69) is 29.1 Å². The largest absolute Gasteiger partial charge is 0.341 e. The third kappa shape index (κ3) is 4.25. The summed E-state index contributed by atoms with van der Waals surface area (Å²) < 4.78 is 0. The smallest absolute Gasteiger partial charge is 0.317 e. The Morgan fingerprint density at radius 3 is 2.70 bits per heavy atom. The number of nitrogens with one attached hydrogen (secondary N) is 1. The monoisotopic (exact) mass is 335 g/mol. The molecule has 1 aliphatic carbocycles. The molecule has 3 rings (SSSR count). The summed E-state index contributed by atoms with van der Waals surface area (Å²) >= 11 is 1.68. The van der Waals surface area contributed by atoms with E-state index in [1.54, 1.807) is 11.3 Å². The van der Waals surface area contributed by atoms with Crippen molar-refractivity contribution in [2.75, 3.05) is 32.7 Å². The van der Waals surface area contributed by atoms with Gasteiger partial charge in [0.05, 0.1) is 0 Å². The number of carbonyl (C=O) groups is 2. The van der Waals surface area contributed by atoms with E-state index in [1.807, 2.05) is 9.80 Å². The summed E-state index contributed by atoms with van der Waals surface area (Å²) in [7, 11) is 0. The summed E-state index contributed by atoms with van der Waals surface area (Å²) in [6, 6.07) is 2.10. The van der Waals surface area contributed by atoms with Crippen LogP contribution in [0.15, 0.2) is 16.8 Å². The number of nitrogens with zero attached hydrogens (tertiary/aromatic N) is 2. The van der Waals surface area contributed by atoms with Gasteiger partial charge in [-0.25, -0.2) is 4.79 Å². The maximum atomic E-state index is 12.4. The predicted octanol–water partition coefficient (Wildman–Crippen LogP) is 2.51. The quantitative estimate of drug-likeness (QED) is 0.919. The zero-order valence-electron chi connectivity index (χ0n) is 13.7. The highest BCUT2D eigenvalue weighted by atomic mass is 32.1. The van der Waals surface area contributed by atoms with Gasteiger partial charge in [-0.2, -0.15) is 11.3 Å². The van der Waals surface area contributed by atoms with Crippen LogP contribution in [0.4, 0.5) is 4.79 Å². The third-order valence-corrected chi connectivity index (χ3v) is 5.39. The maximum Gasteiger partial charge on any atom is 0.317 e. The minimum Gasteiger partial charge on any atom is -0.341 e. The minimum atomic E-state index is -0.00667. The molecule has 1 aromatic rings. The van der Waals surface area contributed by atoms with Gasteiger partial charge in [0.15, 0.2) is 0 Å². The lowest BCUT2D eigenvalue weighted by Crippen LogP contribution is -2.43. The lowest BCUT2D eigenvalue weighted by molar-refractivity contribution is -0.132. The molecule has 5 nitrogen and oxygen atoms in total. The van der Waals surface area contributed by atoms with E-state index in [0.29, 0.717) is 31.5 Å². The van der Waals surface area contributed by atoms with Crippen LogP contribution in [0.5, 0.6) is 0 Å². The standard InChI is InChI=1S/C17H25N3O2S/c1-13(15-5-10-23-12-15)11-18-17(22)20-7-2-6-19(8-9-20)16(21)14-3-4-14/h5,10,12-14H,2-4,6-9,11H2,1H3,(H,18,22). The van der Waals surface area contributed by atoms with E-state index in [4.69, 9.17) is 0 Å². The van der Waals surface area contributed by atoms with Gasteiger partial charge in [0, 0.05) is 38.6 Å². The van der Waals surface area contributed by atoms with E-state index in [0.717, 1.165) is 32.4 Å². The van der Waals surface area contributed by atoms with Crippen LogP contribution < -0.4 is 5.32 Å². The Morgan fingerprint density at radius 1 is 1.26 bits per heavy atom. The summed E-state index contributed by atoms with van der Waals surface area (Å²) in [6.45, 7) is 5.59. The Morgan fingerprint density at radius 2 is 2.00 bits per heavy atom. The van der Waals surface area contributed by atoms with Crippen molar-refractivity contribution in [1.29, 1.82) is 0 Å². The molecular weight excluding hydrogens is 310 g/mol. The van der Waals surface area contributed by atoms with Gasteiger partial charge in [-0.15, -0.1) is 0 Å². The van der Waals surface area contributed by atoms with Crippen molar-refractivity contribution in [2.24, 2.45) is 5.92 Å². The lowest BCUT2D eigenvalue weighted by Gasteiger charge is -2.23. The predicted molar refractivity (Wildman–Crippen MR) is 91.6 cm³/mol. The van der Waals surface area contributed by atoms with Crippen LogP contribution in [0.3, 0.4) is 0 Å². The van der Waals surface area contributed by atoms with Crippen molar-refractivity contribution >= 4 is 23.3 Å². The number of hydrogen-bond donors (Lipinski definition) is 1. The van der Waals surface area contributed by atoms with Gasteiger partial charge < -0.3 is 15.1 Å². The molecule has 1 N–H and O–H groups in total. The minimum absolute atomic E-state index is 0.00667. The Balaban J connectivity index is 1.45. The summed E-state index contributed by atoms with van der Waals surface area (Å²) in [5.41, 5.74) is 1.27. The Labute approximate surface area is 141 Å². The molecule has 1 atom stereocenters. The summed E-state index contributed by atoms with van der Waals surface area (Å²) in [6.07, 6.45) is 2.95. The molecule has 0 spiro atoms. The van der Waals surface area contributed by atoms with Crippen LogP contribution in [-0.2, 0) is 4.79 Å².